The number of nitrogens with zero attached hydrogens (tertiary/aromatic N) is 3. The van der Waals surface area contributed by atoms with Crippen LogP contribution in [0.4, 0.5) is 0 Å². The fourth-order valence-corrected chi connectivity index (χ4v) is 2.95. The minimum atomic E-state index is 0.455. The highest BCUT2D eigenvalue weighted by Crippen LogP contribution is 2.15. The summed E-state index contributed by atoms with van der Waals surface area (Å²) < 4.78 is 10.7. The Morgan fingerprint density at radius 3 is 3.04 bits per heavy atom. The first-order valence-electron chi connectivity index (χ1n) is 8.18. The van der Waals surface area contributed by atoms with Crippen molar-refractivity contribution in [3.8, 4) is 11.4 Å². The molecular formula is C17H24N4O2. The van der Waals surface area contributed by atoms with Crippen molar-refractivity contribution in [2.24, 2.45) is 0 Å². The molecule has 1 aliphatic heterocycles. The van der Waals surface area contributed by atoms with Crippen LogP contribution in [-0.2, 0) is 11.2 Å². The summed E-state index contributed by atoms with van der Waals surface area (Å²) in [6, 6.07) is 10.4. The Labute approximate surface area is 136 Å². The highest BCUT2D eigenvalue weighted by molar-refractivity contribution is 5.53. The number of nitrogens with one attached hydrogen (secondary N) is 1. The van der Waals surface area contributed by atoms with E-state index in [2.05, 4.69) is 20.4 Å². The van der Waals surface area contributed by atoms with E-state index in [-0.39, 0.29) is 0 Å². The van der Waals surface area contributed by atoms with Gasteiger partial charge in [-0.1, -0.05) is 35.5 Å². The Bertz CT molecular complexity index is 585. The van der Waals surface area contributed by atoms with Gasteiger partial charge >= 0.3 is 0 Å². The van der Waals surface area contributed by atoms with E-state index in [0.717, 1.165) is 51.2 Å². The van der Waals surface area contributed by atoms with Crippen molar-refractivity contribution >= 4 is 0 Å². The Hall–Kier alpha value is -1.76. The number of hydrogen-bond acceptors (Lipinski definition) is 6. The largest absolute Gasteiger partial charge is 0.383 e. The summed E-state index contributed by atoms with van der Waals surface area (Å²) >= 11 is 0. The number of piperazine rings is 1. The molecule has 2 aromatic rings. The van der Waals surface area contributed by atoms with E-state index in [0.29, 0.717) is 17.8 Å². The maximum absolute atomic E-state index is 5.37. The van der Waals surface area contributed by atoms with E-state index in [4.69, 9.17) is 9.26 Å². The summed E-state index contributed by atoms with van der Waals surface area (Å²) in [5, 5.41) is 7.48. The maximum atomic E-state index is 5.37. The van der Waals surface area contributed by atoms with Crippen LogP contribution < -0.4 is 5.32 Å². The number of methoxy groups -OCH3 is 1. The third-order valence-electron chi connectivity index (χ3n) is 4.17. The van der Waals surface area contributed by atoms with Gasteiger partial charge in [-0.05, 0) is 13.0 Å². The Kier molecular flexibility index (Phi) is 5.74. The molecule has 1 aliphatic rings. The summed E-state index contributed by atoms with van der Waals surface area (Å²) in [6.45, 7) is 4.89. The first kappa shape index (κ1) is 16.1. The fraction of sp³-hybridized carbons (Fsp3) is 0.529. The second-order valence-corrected chi connectivity index (χ2v) is 5.83. The molecule has 124 valence electrons. The van der Waals surface area contributed by atoms with Gasteiger partial charge in [-0.15, -0.1) is 0 Å². The van der Waals surface area contributed by atoms with Gasteiger partial charge in [0.2, 0.25) is 11.7 Å². The van der Waals surface area contributed by atoms with Gasteiger partial charge < -0.3 is 14.6 Å². The van der Waals surface area contributed by atoms with Gasteiger partial charge in [-0.25, -0.2) is 0 Å². The molecule has 1 N–H and O–H groups in total. The lowest BCUT2D eigenvalue weighted by Gasteiger charge is -2.35. The van der Waals surface area contributed by atoms with Crippen LogP contribution in [0, 0.1) is 0 Å². The Balaban J connectivity index is 1.50. The van der Waals surface area contributed by atoms with Gasteiger partial charge in [0.25, 0.3) is 0 Å². The van der Waals surface area contributed by atoms with Gasteiger partial charge in [0.15, 0.2) is 0 Å². The normalized spacial score (nSPS) is 19.1. The van der Waals surface area contributed by atoms with Gasteiger partial charge in [0.05, 0.1) is 6.61 Å². The average Bonchev–Trinajstić information content (AvgIpc) is 3.06. The molecular weight excluding hydrogens is 292 g/mol. The minimum absolute atomic E-state index is 0.455. The highest BCUT2D eigenvalue weighted by Gasteiger charge is 2.21. The Morgan fingerprint density at radius 1 is 1.35 bits per heavy atom. The SMILES string of the molecule is COCC1CNCCN1CCCc1nc(-c2ccccc2)no1. The summed E-state index contributed by atoms with van der Waals surface area (Å²) in [4.78, 5) is 6.97. The molecule has 0 spiro atoms. The first-order chi connectivity index (χ1) is 11.4. The van der Waals surface area contributed by atoms with Crippen LogP contribution in [0.15, 0.2) is 34.9 Å². The quantitative estimate of drug-likeness (QED) is 0.837. The molecule has 0 bridgehead atoms. The molecule has 0 amide bonds. The number of benzene rings is 1. The second-order valence-electron chi connectivity index (χ2n) is 5.83. The monoisotopic (exact) mass is 316 g/mol. The van der Waals surface area contributed by atoms with Crippen LogP contribution >= 0.6 is 0 Å². The summed E-state index contributed by atoms with van der Waals surface area (Å²) in [6.07, 6.45) is 1.82. The summed E-state index contributed by atoms with van der Waals surface area (Å²) in [5.74, 6) is 1.38. The molecule has 6 heteroatoms. The number of hydrogen-bond donors (Lipinski definition) is 1. The number of aromatic nitrogens is 2. The maximum Gasteiger partial charge on any atom is 0.227 e. The van der Waals surface area contributed by atoms with Crippen LogP contribution in [0.3, 0.4) is 0 Å². The van der Waals surface area contributed by atoms with E-state index in [1.807, 2.05) is 30.3 Å². The summed E-state index contributed by atoms with van der Waals surface area (Å²) in [5.41, 5.74) is 0.991. The van der Waals surface area contributed by atoms with Gasteiger partial charge in [0.1, 0.15) is 0 Å². The molecule has 1 fully saturated rings. The van der Waals surface area contributed by atoms with E-state index >= 15 is 0 Å². The van der Waals surface area contributed by atoms with Gasteiger partial charge in [0, 0.05) is 44.8 Å². The summed E-state index contributed by atoms with van der Waals surface area (Å²) in [7, 11) is 1.76. The van der Waals surface area contributed by atoms with Crippen molar-refractivity contribution in [2.45, 2.75) is 18.9 Å². The number of rotatable bonds is 7. The van der Waals surface area contributed by atoms with Crippen molar-refractivity contribution in [1.29, 1.82) is 0 Å². The zero-order chi connectivity index (χ0) is 15.9. The predicted molar refractivity (Wildman–Crippen MR) is 88.2 cm³/mol. The van der Waals surface area contributed by atoms with Crippen LogP contribution in [0.2, 0.25) is 0 Å². The lowest BCUT2D eigenvalue weighted by molar-refractivity contribution is 0.0725. The van der Waals surface area contributed by atoms with Gasteiger partial charge in [-0.2, -0.15) is 4.98 Å². The van der Waals surface area contributed by atoms with E-state index in [1.165, 1.54) is 0 Å². The molecule has 1 saturated heterocycles. The first-order valence-corrected chi connectivity index (χ1v) is 8.18. The minimum Gasteiger partial charge on any atom is -0.383 e. The molecule has 6 nitrogen and oxygen atoms in total. The molecule has 1 atom stereocenters. The number of aryl methyl sites for hydroxylation is 1. The van der Waals surface area contributed by atoms with Crippen molar-refractivity contribution in [3.63, 3.8) is 0 Å². The molecule has 0 radical (unpaired) electrons. The molecule has 2 heterocycles. The highest BCUT2D eigenvalue weighted by atomic mass is 16.5. The molecule has 3 rings (SSSR count). The Morgan fingerprint density at radius 2 is 2.22 bits per heavy atom. The zero-order valence-corrected chi connectivity index (χ0v) is 13.6. The van der Waals surface area contributed by atoms with Crippen molar-refractivity contribution in [3.05, 3.63) is 36.2 Å². The molecule has 1 unspecified atom stereocenters. The lowest BCUT2D eigenvalue weighted by Crippen LogP contribution is -2.53. The van der Waals surface area contributed by atoms with Gasteiger partial charge in [-0.3, -0.25) is 4.90 Å². The molecule has 1 aromatic carbocycles. The second kappa shape index (κ2) is 8.19. The van der Waals surface area contributed by atoms with Crippen molar-refractivity contribution in [1.82, 2.24) is 20.4 Å². The third-order valence-corrected chi connectivity index (χ3v) is 4.17. The third kappa shape index (κ3) is 4.37. The lowest BCUT2D eigenvalue weighted by atomic mass is 10.1. The molecule has 0 saturated carbocycles. The van der Waals surface area contributed by atoms with Crippen LogP contribution in [0.5, 0.6) is 0 Å². The van der Waals surface area contributed by atoms with Crippen molar-refractivity contribution < 1.29 is 9.26 Å². The fourth-order valence-electron chi connectivity index (χ4n) is 2.95. The standard InChI is InChI=1S/C17H24N4O2/c1-22-13-15-12-18-9-11-21(15)10-5-8-16-19-17(20-23-16)14-6-3-2-4-7-14/h2-4,6-7,15,18H,5,8-13H2,1H3. The topological polar surface area (TPSA) is 63.4 Å². The molecule has 0 aliphatic carbocycles. The van der Waals surface area contributed by atoms with Crippen LogP contribution in [-0.4, -0.2) is 61.0 Å². The smallest absolute Gasteiger partial charge is 0.227 e. The molecule has 23 heavy (non-hydrogen) atoms. The number of ether oxygens (including phenoxy) is 1. The van der Waals surface area contributed by atoms with E-state index in [9.17, 15) is 0 Å². The predicted octanol–water partition coefficient (Wildman–Crippen LogP) is 1.59. The van der Waals surface area contributed by atoms with Crippen molar-refractivity contribution in [2.75, 3.05) is 39.9 Å². The van der Waals surface area contributed by atoms with E-state index < -0.39 is 0 Å². The molecule has 1 aromatic heterocycles. The average molecular weight is 316 g/mol. The van der Waals surface area contributed by atoms with E-state index in [1.54, 1.807) is 7.11 Å². The van der Waals surface area contributed by atoms with Crippen LogP contribution in [0.25, 0.3) is 11.4 Å². The zero-order valence-electron chi connectivity index (χ0n) is 13.6. The van der Waals surface area contributed by atoms with Crippen LogP contribution in [0.1, 0.15) is 12.3 Å².